The van der Waals surface area contributed by atoms with E-state index in [1.807, 2.05) is 0 Å². The second kappa shape index (κ2) is 8.89. The van der Waals surface area contributed by atoms with Crippen LogP contribution in [-0.2, 0) is 0 Å². The van der Waals surface area contributed by atoms with E-state index in [1.165, 1.54) is 69.8 Å². The summed E-state index contributed by atoms with van der Waals surface area (Å²) in [5.74, 6) is 1.50. The summed E-state index contributed by atoms with van der Waals surface area (Å²) in [6.07, 6.45) is 15.8. The Labute approximate surface area is 169 Å². The smallest absolute Gasteiger partial charge is 0.177 e. The lowest BCUT2D eigenvalue weighted by atomic mass is 9.89. The number of ether oxygens (including phenoxy) is 1. The first-order valence-electron chi connectivity index (χ1n) is 10.4. The predicted octanol–water partition coefficient (Wildman–Crippen LogP) is 6.57. The molecule has 26 heavy (non-hydrogen) atoms. The summed E-state index contributed by atoms with van der Waals surface area (Å²) in [6, 6.07) is 4.42. The van der Waals surface area contributed by atoms with Crippen LogP contribution in [0.3, 0.4) is 0 Å². The van der Waals surface area contributed by atoms with Gasteiger partial charge in [-0.05, 0) is 72.5 Å². The van der Waals surface area contributed by atoms with Gasteiger partial charge in [-0.2, -0.15) is 0 Å². The molecule has 4 nitrogen and oxygen atoms in total. The minimum Gasteiger partial charge on any atom is -0.488 e. The molecule has 1 aromatic heterocycles. The molecule has 1 aromatic carbocycles. The number of benzene rings is 1. The van der Waals surface area contributed by atoms with Crippen LogP contribution in [-0.4, -0.2) is 20.3 Å². The van der Waals surface area contributed by atoms with Gasteiger partial charge >= 0.3 is 0 Å². The second-order valence-electron chi connectivity index (χ2n) is 8.04. The van der Waals surface area contributed by atoms with E-state index >= 15 is 0 Å². The van der Waals surface area contributed by atoms with Crippen LogP contribution in [0.25, 0.3) is 11.0 Å². The summed E-state index contributed by atoms with van der Waals surface area (Å²) in [5.41, 5.74) is 3.00. The number of hydrogen-bond acceptors (Lipinski definition) is 4. The fraction of sp³-hybridized carbons (Fsp3) is 0.714. The maximum Gasteiger partial charge on any atom is 0.177 e. The summed E-state index contributed by atoms with van der Waals surface area (Å²) in [7, 11) is 0. The van der Waals surface area contributed by atoms with Crippen molar-refractivity contribution in [3.63, 3.8) is 0 Å². The van der Waals surface area contributed by atoms with Crippen LogP contribution in [0, 0.1) is 0 Å². The van der Waals surface area contributed by atoms with E-state index in [4.69, 9.17) is 9.37 Å². The number of hydrogen-bond donors (Lipinski definition) is 0. The summed E-state index contributed by atoms with van der Waals surface area (Å²) < 4.78 is 12.3. The van der Waals surface area contributed by atoms with Gasteiger partial charge in [-0.15, -0.1) is 0 Å². The Hall–Kier alpha value is -0.850. The van der Waals surface area contributed by atoms with Crippen molar-refractivity contribution in [1.82, 2.24) is 10.3 Å². The SMILES string of the molecule is I[C@H]1CC[C@@H](Oc2cc(C3CCCCCCCC3)cc3nonc23)CC1. The zero-order valence-corrected chi connectivity index (χ0v) is 17.6. The van der Waals surface area contributed by atoms with Crippen molar-refractivity contribution in [1.29, 1.82) is 0 Å². The topological polar surface area (TPSA) is 48.2 Å². The molecule has 0 radical (unpaired) electrons. The van der Waals surface area contributed by atoms with Crippen molar-refractivity contribution in [2.45, 2.75) is 93.0 Å². The van der Waals surface area contributed by atoms with Crippen LogP contribution in [0.15, 0.2) is 16.8 Å². The minimum atomic E-state index is 0.302. The Bertz CT molecular complexity index is 699. The van der Waals surface area contributed by atoms with Crippen LogP contribution in [0.2, 0.25) is 0 Å². The minimum absolute atomic E-state index is 0.302. The molecule has 142 valence electrons. The van der Waals surface area contributed by atoms with Gasteiger partial charge in [-0.25, -0.2) is 4.63 Å². The molecule has 0 aliphatic heterocycles. The van der Waals surface area contributed by atoms with Gasteiger partial charge in [0.25, 0.3) is 0 Å². The molecule has 2 aliphatic carbocycles. The van der Waals surface area contributed by atoms with Gasteiger partial charge in [0, 0.05) is 3.92 Å². The maximum atomic E-state index is 6.42. The molecular weight excluding hydrogens is 439 g/mol. The van der Waals surface area contributed by atoms with E-state index in [9.17, 15) is 0 Å². The van der Waals surface area contributed by atoms with Crippen molar-refractivity contribution in [3.8, 4) is 5.75 Å². The Kier molecular flexibility index (Phi) is 6.33. The molecule has 0 atom stereocenters. The number of rotatable bonds is 3. The van der Waals surface area contributed by atoms with E-state index in [0.717, 1.165) is 33.5 Å². The highest BCUT2D eigenvalue weighted by atomic mass is 127. The van der Waals surface area contributed by atoms with Crippen molar-refractivity contribution < 1.29 is 9.37 Å². The average Bonchev–Trinajstić information content (AvgIpc) is 3.16. The van der Waals surface area contributed by atoms with Crippen molar-refractivity contribution in [2.24, 2.45) is 0 Å². The van der Waals surface area contributed by atoms with Gasteiger partial charge in [-0.3, -0.25) is 0 Å². The van der Waals surface area contributed by atoms with Crippen molar-refractivity contribution in [2.75, 3.05) is 0 Å². The fourth-order valence-corrected chi connectivity index (χ4v) is 5.21. The van der Waals surface area contributed by atoms with E-state index in [-0.39, 0.29) is 0 Å². The number of aromatic nitrogens is 2. The van der Waals surface area contributed by atoms with Crippen LogP contribution in [0.1, 0.15) is 88.5 Å². The molecule has 5 heteroatoms. The third-order valence-electron chi connectivity index (χ3n) is 6.07. The molecule has 0 unspecified atom stereocenters. The zero-order chi connectivity index (χ0) is 17.8. The molecule has 2 saturated carbocycles. The lowest BCUT2D eigenvalue weighted by Crippen LogP contribution is -2.24. The number of fused-ring (bicyclic) bond motifs is 1. The molecule has 4 rings (SSSR count). The van der Waals surface area contributed by atoms with Gasteiger partial charge in [0.15, 0.2) is 11.3 Å². The molecule has 2 fully saturated rings. The fourth-order valence-electron chi connectivity index (χ4n) is 4.49. The first-order valence-corrected chi connectivity index (χ1v) is 11.6. The summed E-state index contributed by atoms with van der Waals surface area (Å²) in [6.45, 7) is 0. The highest BCUT2D eigenvalue weighted by Crippen LogP contribution is 2.37. The lowest BCUT2D eigenvalue weighted by molar-refractivity contribution is 0.160. The molecule has 0 N–H and O–H groups in total. The number of nitrogens with zero attached hydrogens (tertiary/aromatic N) is 2. The summed E-state index contributed by atoms with van der Waals surface area (Å²) in [4.78, 5) is 0. The average molecular weight is 468 g/mol. The largest absolute Gasteiger partial charge is 0.488 e. The molecule has 2 aromatic rings. The van der Waals surface area contributed by atoms with Crippen molar-refractivity contribution in [3.05, 3.63) is 17.7 Å². The molecular formula is C21H29IN2O2. The van der Waals surface area contributed by atoms with Gasteiger partial charge < -0.3 is 4.74 Å². The number of alkyl halides is 1. The Balaban J connectivity index is 1.57. The van der Waals surface area contributed by atoms with E-state index in [2.05, 4.69) is 45.0 Å². The number of halogens is 1. The monoisotopic (exact) mass is 468 g/mol. The summed E-state index contributed by atoms with van der Waals surface area (Å²) in [5, 5.41) is 8.25. The van der Waals surface area contributed by atoms with E-state index in [0.29, 0.717) is 12.0 Å². The molecule has 0 spiro atoms. The lowest BCUT2D eigenvalue weighted by Gasteiger charge is -2.26. The molecule has 1 heterocycles. The van der Waals surface area contributed by atoms with Gasteiger partial charge in [-0.1, -0.05) is 61.1 Å². The second-order valence-corrected chi connectivity index (χ2v) is 9.80. The first-order chi connectivity index (χ1) is 12.8. The predicted molar refractivity (Wildman–Crippen MR) is 112 cm³/mol. The standard InChI is InChI=1S/C21H29IN2O2/c22-17-9-11-18(12-10-17)25-20-14-16(13-19-21(20)24-26-23-19)15-7-5-3-1-2-4-6-8-15/h13-15,17-18H,1-12H2/t17-,18+. The van der Waals surface area contributed by atoms with Crippen molar-refractivity contribution >= 4 is 33.6 Å². The first kappa shape index (κ1) is 18.5. The van der Waals surface area contributed by atoms with Gasteiger partial charge in [0.1, 0.15) is 5.52 Å². The van der Waals surface area contributed by atoms with Gasteiger partial charge in [0.2, 0.25) is 0 Å². The quantitative estimate of drug-likeness (QED) is 0.378. The molecule has 2 aliphatic rings. The Morgan fingerprint density at radius 3 is 2.27 bits per heavy atom. The normalized spacial score (nSPS) is 26.2. The summed E-state index contributed by atoms with van der Waals surface area (Å²) >= 11 is 2.56. The van der Waals surface area contributed by atoms with E-state index < -0.39 is 0 Å². The Morgan fingerprint density at radius 1 is 0.846 bits per heavy atom. The highest BCUT2D eigenvalue weighted by Gasteiger charge is 2.23. The third-order valence-corrected chi connectivity index (χ3v) is 7.32. The van der Waals surface area contributed by atoms with Crippen LogP contribution in [0.4, 0.5) is 0 Å². The highest BCUT2D eigenvalue weighted by molar-refractivity contribution is 14.1. The van der Waals surface area contributed by atoms with Crippen LogP contribution >= 0.6 is 22.6 Å². The van der Waals surface area contributed by atoms with Crippen LogP contribution < -0.4 is 4.74 Å². The van der Waals surface area contributed by atoms with Gasteiger partial charge in [0.05, 0.1) is 6.10 Å². The zero-order valence-electron chi connectivity index (χ0n) is 15.5. The maximum absolute atomic E-state index is 6.42. The van der Waals surface area contributed by atoms with Crippen LogP contribution in [0.5, 0.6) is 5.75 Å². The molecule has 0 saturated heterocycles. The molecule has 0 bridgehead atoms. The third kappa shape index (κ3) is 4.52. The molecule has 0 amide bonds. The Morgan fingerprint density at radius 2 is 1.54 bits per heavy atom. The van der Waals surface area contributed by atoms with E-state index in [1.54, 1.807) is 0 Å².